The van der Waals surface area contributed by atoms with Gasteiger partial charge in [0.2, 0.25) is 0 Å². The number of ether oxygens (including phenoxy) is 1. The molecule has 1 aliphatic carbocycles. The lowest BCUT2D eigenvalue weighted by atomic mass is 9.93. The molecule has 19 heavy (non-hydrogen) atoms. The SMILES string of the molecule is COc1ccccc1N1C(N)=NCC1(C)CC1CC1. The monoisotopic (exact) mass is 259 g/mol. The van der Waals surface area contributed by atoms with Crippen LogP contribution in [0.4, 0.5) is 5.69 Å². The zero-order valence-electron chi connectivity index (χ0n) is 11.6. The van der Waals surface area contributed by atoms with E-state index in [0.29, 0.717) is 5.96 Å². The maximum Gasteiger partial charge on any atom is 0.196 e. The Hall–Kier alpha value is -1.71. The Balaban J connectivity index is 1.96. The van der Waals surface area contributed by atoms with Crippen molar-refractivity contribution in [3.8, 4) is 5.75 Å². The molecule has 102 valence electrons. The second kappa shape index (κ2) is 4.44. The number of guanidine groups is 1. The predicted molar refractivity (Wildman–Crippen MR) is 77.7 cm³/mol. The third-order valence-electron chi connectivity index (χ3n) is 4.10. The first-order chi connectivity index (χ1) is 9.14. The molecule has 1 aliphatic heterocycles. The van der Waals surface area contributed by atoms with Gasteiger partial charge in [0, 0.05) is 0 Å². The number of nitrogens with zero attached hydrogens (tertiary/aromatic N) is 2. The van der Waals surface area contributed by atoms with Crippen molar-refractivity contribution in [2.24, 2.45) is 16.6 Å². The van der Waals surface area contributed by atoms with Crippen molar-refractivity contribution in [3.63, 3.8) is 0 Å². The summed E-state index contributed by atoms with van der Waals surface area (Å²) in [7, 11) is 1.69. The molecular formula is C15H21N3O. The molecule has 2 aliphatic rings. The molecule has 1 saturated carbocycles. The van der Waals surface area contributed by atoms with Crippen LogP contribution in [0.25, 0.3) is 0 Å². The number of hydrogen-bond donors (Lipinski definition) is 1. The van der Waals surface area contributed by atoms with E-state index in [2.05, 4.69) is 22.9 Å². The molecule has 1 fully saturated rings. The lowest BCUT2D eigenvalue weighted by Gasteiger charge is -2.37. The van der Waals surface area contributed by atoms with Crippen molar-refractivity contribution >= 4 is 11.6 Å². The van der Waals surface area contributed by atoms with Gasteiger partial charge in [-0.2, -0.15) is 0 Å². The van der Waals surface area contributed by atoms with Gasteiger partial charge in [0.1, 0.15) is 5.75 Å². The molecule has 4 nitrogen and oxygen atoms in total. The summed E-state index contributed by atoms with van der Waals surface area (Å²) < 4.78 is 5.47. The number of anilines is 1. The van der Waals surface area contributed by atoms with Gasteiger partial charge in [-0.25, -0.2) is 0 Å². The third kappa shape index (κ3) is 2.15. The van der Waals surface area contributed by atoms with E-state index >= 15 is 0 Å². The Morgan fingerprint density at radius 1 is 1.42 bits per heavy atom. The zero-order chi connectivity index (χ0) is 13.5. The van der Waals surface area contributed by atoms with E-state index in [1.807, 2.05) is 18.2 Å². The van der Waals surface area contributed by atoms with Crippen LogP contribution in [0.1, 0.15) is 26.2 Å². The summed E-state index contributed by atoms with van der Waals surface area (Å²) in [6.07, 6.45) is 3.83. The van der Waals surface area contributed by atoms with E-state index in [-0.39, 0.29) is 5.54 Å². The predicted octanol–water partition coefficient (Wildman–Crippen LogP) is 2.39. The summed E-state index contributed by atoms with van der Waals surface area (Å²) in [4.78, 5) is 6.63. The number of methoxy groups -OCH3 is 1. The van der Waals surface area contributed by atoms with Crippen molar-refractivity contribution < 1.29 is 4.74 Å². The minimum atomic E-state index is -0.0140. The second-order valence-corrected chi connectivity index (χ2v) is 5.83. The molecule has 1 heterocycles. The first-order valence-corrected chi connectivity index (χ1v) is 6.87. The van der Waals surface area contributed by atoms with Gasteiger partial charge in [-0.15, -0.1) is 0 Å². The third-order valence-corrected chi connectivity index (χ3v) is 4.10. The first kappa shape index (κ1) is 12.3. The van der Waals surface area contributed by atoms with Crippen LogP contribution < -0.4 is 15.4 Å². The number of benzene rings is 1. The molecule has 0 amide bonds. The van der Waals surface area contributed by atoms with Crippen LogP contribution >= 0.6 is 0 Å². The summed E-state index contributed by atoms with van der Waals surface area (Å²) in [6.45, 7) is 3.02. The largest absolute Gasteiger partial charge is 0.495 e. The first-order valence-electron chi connectivity index (χ1n) is 6.87. The fourth-order valence-corrected chi connectivity index (χ4v) is 3.00. The van der Waals surface area contributed by atoms with Gasteiger partial charge in [-0.3, -0.25) is 4.99 Å². The summed E-state index contributed by atoms with van der Waals surface area (Å²) >= 11 is 0. The van der Waals surface area contributed by atoms with E-state index in [1.54, 1.807) is 7.11 Å². The van der Waals surface area contributed by atoms with Gasteiger partial charge < -0.3 is 15.4 Å². The van der Waals surface area contributed by atoms with Crippen LogP contribution in [0.15, 0.2) is 29.3 Å². The van der Waals surface area contributed by atoms with Crippen LogP contribution in [-0.2, 0) is 0 Å². The molecule has 0 saturated heterocycles. The molecule has 1 atom stereocenters. The summed E-state index contributed by atoms with van der Waals surface area (Å²) in [5.74, 6) is 2.29. The van der Waals surface area contributed by atoms with Crippen molar-refractivity contribution in [1.29, 1.82) is 0 Å². The Morgan fingerprint density at radius 3 is 2.84 bits per heavy atom. The van der Waals surface area contributed by atoms with Gasteiger partial charge in [0.25, 0.3) is 0 Å². The number of nitrogens with two attached hydrogens (primary N) is 1. The Labute approximate surface area is 114 Å². The molecule has 0 spiro atoms. The maximum atomic E-state index is 6.13. The van der Waals surface area contributed by atoms with Gasteiger partial charge in [0.05, 0.1) is 24.9 Å². The van der Waals surface area contributed by atoms with E-state index in [1.165, 1.54) is 12.8 Å². The van der Waals surface area contributed by atoms with Crippen LogP contribution in [0.2, 0.25) is 0 Å². The fraction of sp³-hybridized carbons (Fsp3) is 0.533. The van der Waals surface area contributed by atoms with E-state index in [9.17, 15) is 0 Å². The van der Waals surface area contributed by atoms with Crippen molar-refractivity contribution in [2.75, 3.05) is 18.6 Å². The van der Waals surface area contributed by atoms with E-state index < -0.39 is 0 Å². The summed E-state index contributed by atoms with van der Waals surface area (Å²) in [5.41, 5.74) is 7.13. The number of rotatable bonds is 4. The minimum Gasteiger partial charge on any atom is -0.495 e. The normalized spacial score (nSPS) is 26.4. The van der Waals surface area contributed by atoms with Gasteiger partial charge >= 0.3 is 0 Å². The van der Waals surface area contributed by atoms with Gasteiger partial charge in [-0.1, -0.05) is 25.0 Å². The number of para-hydroxylation sites is 2. The fourth-order valence-electron chi connectivity index (χ4n) is 3.00. The van der Waals surface area contributed by atoms with E-state index in [0.717, 1.165) is 30.3 Å². The number of hydrogen-bond acceptors (Lipinski definition) is 4. The van der Waals surface area contributed by atoms with Gasteiger partial charge in [0.15, 0.2) is 5.96 Å². The Kier molecular flexibility index (Phi) is 2.88. The lowest BCUT2D eigenvalue weighted by molar-refractivity contribution is 0.402. The van der Waals surface area contributed by atoms with Crippen LogP contribution in [-0.4, -0.2) is 25.2 Å². The number of aliphatic imine (C=N–C) groups is 1. The smallest absolute Gasteiger partial charge is 0.196 e. The maximum absolute atomic E-state index is 6.13. The Bertz CT molecular complexity index is 510. The summed E-state index contributed by atoms with van der Waals surface area (Å²) in [6, 6.07) is 8.02. The lowest BCUT2D eigenvalue weighted by Crippen LogP contribution is -2.50. The molecule has 2 N–H and O–H groups in total. The van der Waals surface area contributed by atoms with E-state index in [4.69, 9.17) is 10.5 Å². The average molecular weight is 259 g/mol. The Morgan fingerprint density at radius 2 is 2.16 bits per heavy atom. The van der Waals surface area contributed by atoms with Crippen LogP contribution in [0, 0.1) is 5.92 Å². The van der Waals surface area contributed by atoms with Crippen molar-refractivity contribution in [1.82, 2.24) is 0 Å². The highest BCUT2D eigenvalue weighted by atomic mass is 16.5. The highest BCUT2D eigenvalue weighted by Crippen LogP contribution is 2.43. The molecule has 4 heteroatoms. The second-order valence-electron chi connectivity index (χ2n) is 5.83. The molecule has 1 unspecified atom stereocenters. The highest BCUT2D eigenvalue weighted by molar-refractivity contribution is 5.99. The van der Waals surface area contributed by atoms with Crippen molar-refractivity contribution in [2.45, 2.75) is 31.7 Å². The average Bonchev–Trinajstić information content (AvgIpc) is 3.16. The molecule has 0 bridgehead atoms. The molecule has 0 aromatic heterocycles. The van der Waals surface area contributed by atoms with Gasteiger partial charge in [-0.05, 0) is 31.4 Å². The quantitative estimate of drug-likeness (QED) is 0.903. The van der Waals surface area contributed by atoms with Crippen molar-refractivity contribution in [3.05, 3.63) is 24.3 Å². The zero-order valence-corrected chi connectivity index (χ0v) is 11.6. The molecular weight excluding hydrogens is 238 g/mol. The molecule has 1 aromatic rings. The standard InChI is InChI=1S/C15H21N3O/c1-15(9-11-7-8-11)10-17-14(16)18(15)12-5-3-4-6-13(12)19-2/h3-6,11H,7-10H2,1-2H3,(H2,16,17). The molecule has 3 rings (SSSR count). The molecule has 0 radical (unpaired) electrons. The summed E-state index contributed by atoms with van der Waals surface area (Å²) in [5, 5.41) is 0. The highest BCUT2D eigenvalue weighted by Gasteiger charge is 2.43. The van der Waals surface area contributed by atoms with Crippen LogP contribution in [0.5, 0.6) is 5.75 Å². The van der Waals surface area contributed by atoms with Crippen LogP contribution in [0.3, 0.4) is 0 Å². The molecule has 1 aromatic carbocycles. The minimum absolute atomic E-state index is 0.0140. The topological polar surface area (TPSA) is 50.9 Å².